The van der Waals surface area contributed by atoms with Crippen LogP contribution in [0.3, 0.4) is 0 Å². The van der Waals surface area contributed by atoms with Crippen molar-refractivity contribution >= 4 is 17.3 Å². The zero-order valence-electron chi connectivity index (χ0n) is 7.45. The highest BCUT2D eigenvalue weighted by atomic mass is 32.1. The molecule has 1 aliphatic heterocycles. The van der Waals surface area contributed by atoms with Gasteiger partial charge in [-0.2, -0.15) is 0 Å². The van der Waals surface area contributed by atoms with E-state index < -0.39 is 0 Å². The summed E-state index contributed by atoms with van der Waals surface area (Å²) in [6.45, 7) is 0.771. The van der Waals surface area contributed by atoms with E-state index in [4.69, 9.17) is 17.0 Å². The van der Waals surface area contributed by atoms with Gasteiger partial charge < -0.3 is 4.74 Å². The fourth-order valence-corrected chi connectivity index (χ4v) is 1.88. The third-order valence-corrected chi connectivity index (χ3v) is 2.65. The molecule has 1 aromatic rings. The molecule has 0 saturated heterocycles. The maximum atomic E-state index is 5.44. The smallest absolute Gasteiger partial charge is 0.191 e. The Labute approximate surface area is 83.7 Å². The summed E-state index contributed by atoms with van der Waals surface area (Å²) in [5.74, 6) is 0. The number of thiocarbonyl (C=S) groups is 1. The summed E-state index contributed by atoms with van der Waals surface area (Å²) < 4.78 is 5.44. The second kappa shape index (κ2) is 3.88. The quantitative estimate of drug-likeness (QED) is 0.584. The fourth-order valence-electron chi connectivity index (χ4n) is 1.60. The minimum Gasteiger partial charge on any atom is -0.483 e. The van der Waals surface area contributed by atoms with Crippen LogP contribution in [0, 0.1) is 0 Å². The Balaban J connectivity index is 2.37. The average molecular weight is 192 g/mol. The van der Waals surface area contributed by atoms with E-state index in [0.717, 1.165) is 25.0 Å². The highest BCUT2D eigenvalue weighted by Gasteiger charge is 2.10. The Morgan fingerprint density at radius 3 is 2.92 bits per heavy atom. The fraction of sp³-hybridized carbons (Fsp3) is 0.364. The molecule has 0 radical (unpaired) electrons. The molecular formula is C11H12OS. The van der Waals surface area contributed by atoms with Crippen LogP contribution in [-0.2, 0) is 11.2 Å². The van der Waals surface area contributed by atoms with Crippen molar-refractivity contribution in [1.29, 1.82) is 0 Å². The van der Waals surface area contributed by atoms with Crippen LogP contribution in [0.15, 0.2) is 24.3 Å². The predicted molar refractivity (Wildman–Crippen MR) is 57.0 cm³/mol. The lowest BCUT2D eigenvalue weighted by molar-refractivity contribution is 0.299. The molecule has 1 heterocycles. The lowest BCUT2D eigenvalue weighted by Crippen LogP contribution is -2.11. The van der Waals surface area contributed by atoms with Crippen LogP contribution in [0.1, 0.15) is 24.0 Å². The van der Waals surface area contributed by atoms with Gasteiger partial charge >= 0.3 is 0 Å². The van der Waals surface area contributed by atoms with E-state index in [0.29, 0.717) is 5.05 Å². The molecule has 0 spiro atoms. The molecule has 0 aliphatic carbocycles. The highest BCUT2D eigenvalue weighted by molar-refractivity contribution is 7.80. The molecule has 0 bridgehead atoms. The summed E-state index contributed by atoms with van der Waals surface area (Å²) in [5.41, 5.74) is 2.43. The first kappa shape index (κ1) is 8.70. The van der Waals surface area contributed by atoms with Gasteiger partial charge in [-0.05, 0) is 37.0 Å². The van der Waals surface area contributed by atoms with Gasteiger partial charge in [0.2, 0.25) is 0 Å². The number of aryl methyl sites for hydroxylation is 1. The topological polar surface area (TPSA) is 9.23 Å². The van der Waals surface area contributed by atoms with E-state index in [1.54, 1.807) is 0 Å². The van der Waals surface area contributed by atoms with E-state index in [-0.39, 0.29) is 0 Å². The normalized spacial score (nSPS) is 16.8. The summed E-state index contributed by atoms with van der Waals surface area (Å²) in [6, 6.07) is 8.25. The standard InChI is InChI=1S/C11H12OS/c13-11-10-7-2-1-5-9(10)6-3-4-8-12-11/h1-2,5,7H,3-4,6,8H2. The number of ether oxygens (including phenoxy) is 1. The zero-order chi connectivity index (χ0) is 9.10. The van der Waals surface area contributed by atoms with E-state index >= 15 is 0 Å². The molecule has 0 atom stereocenters. The number of hydrogen-bond donors (Lipinski definition) is 0. The SMILES string of the molecule is S=C1OCCCCc2ccccc21. The molecule has 0 saturated carbocycles. The Kier molecular flexibility index (Phi) is 2.60. The van der Waals surface area contributed by atoms with Gasteiger partial charge in [0.15, 0.2) is 5.05 Å². The minimum atomic E-state index is 0.662. The Hall–Kier alpha value is -0.890. The van der Waals surface area contributed by atoms with Crippen molar-refractivity contribution < 1.29 is 4.74 Å². The van der Waals surface area contributed by atoms with Gasteiger partial charge in [-0.15, -0.1) is 0 Å². The Bertz CT molecular complexity index is 320. The molecular weight excluding hydrogens is 180 g/mol. The molecule has 13 heavy (non-hydrogen) atoms. The average Bonchev–Trinajstić information content (AvgIpc) is 2.14. The number of fused-ring (bicyclic) bond motifs is 1. The van der Waals surface area contributed by atoms with Crippen molar-refractivity contribution in [2.45, 2.75) is 19.3 Å². The van der Waals surface area contributed by atoms with Crippen molar-refractivity contribution in [3.05, 3.63) is 35.4 Å². The van der Waals surface area contributed by atoms with Crippen molar-refractivity contribution in [3.63, 3.8) is 0 Å². The van der Waals surface area contributed by atoms with Gasteiger partial charge in [0, 0.05) is 5.56 Å². The third kappa shape index (κ3) is 1.89. The summed E-state index contributed by atoms with van der Waals surface area (Å²) >= 11 is 5.19. The third-order valence-electron chi connectivity index (χ3n) is 2.31. The second-order valence-corrected chi connectivity index (χ2v) is 3.62. The van der Waals surface area contributed by atoms with Crippen molar-refractivity contribution in [2.75, 3.05) is 6.61 Å². The summed E-state index contributed by atoms with van der Waals surface area (Å²) in [6.07, 6.45) is 3.42. The molecule has 0 unspecified atom stereocenters. The van der Waals surface area contributed by atoms with E-state index in [1.165, 1.54) is 12.0 Å². The van der Waals surface area contributed by atoms with Crippen molar-refractivity contribution in [1.82, 2.24) is 0 Å². The van der Waals surface area contributed by atoms with Crippen LogP contribution < -0.4 is 0 Å². The molecule has 0 amide bonds. The van der Waals surface area contributed by atoms with Crippen molar-refractivity contribution in [2.24, 2.45) is 0 Å². The number of rotatable bonds is 0. The van der Waals surface area contributed by atoms with E-state index in [2.05, 4.69) is 12.1 Å². The summed E-state index contributed by atoms with van der Waals surface area (Å²) in [5, 5.41) is 0.662. The molecule has 1 aromatic carbocycles. The largest absolute Gasteiger partial charge is 0.483 e. The number of benzene rings is 1. The van der Waals surface area contributed by atoms with Crippen LogP contribution in [0.5, 0.6) is 0 Å². The second-order valence-electron chi connectivity index (χ2n) is 3.25. The maximum absolute atomic E-state index is 5.44. The molecule has 2 heteroatoms. The highest BCUT2D eigenvalue weighted by Crippen LogP contribution is 2.16. The minimum absolute atomic E-state index is 0.662. The van der Waals surface area contributed by atoms with Crippen LogP contribution >= 0.6 is 12.2 Å². The number of hydrogen-bond acceptors (Lipinski definition) is 2. The lowest BCUT2D eigenvalue weighted by atomic mass is 10.0. The Morgan fingerprint density at radius 2 is 2.00 bits per heavy atom. The molecule has 1 nitrogen and oxygen atoms in total. The first-order valence-corrected chi connectivity index (χ1v) is 5.04. The first-order valence-electron chi connectivity index (χ1n) is 4.63. The van der Waals surface area contributed by atoms with Gasteiger partial charge in [0.05, 0.1) is 6.61 Å². The first-order chi connectivity index (χ1) is 6.38. The van der Waals surface area contributed by atoms with Crippen LogP contribution in [0.25, 0.3) is 0 Å². The summed E-state index contributed by atoms with van der Waals surface area (Å²) in [7, 11) is 0. The van der Waals surface area contributed by atoms with Crippen LogP contribution in [0.4, 0.5) is 0 Å². The lowest BCUT2D eigenvalue weighted by Gasteiger charge is -2.15. The maximum Gasteiger partial charge on any atom is 0.191 e. The van der Waals surface area contributed by atoms with Gasteiger partial charge in [-0.3, -0.25) is 0 Å². The van der Waals surface area contributed by atoms with Crippen LogP contribution in [0.2, 0.25) is 0 Å². The summed E-state index contributed by atoms with van der Waals surface area (Å²) in [4.78, 5) is 0. The predicted octanol–water partition coefficient (Wildman–Crippen LogP) is 2.72. The molecule has 0 N–H and O–H groups in total. The van der Waals surface area contributed by atoms with E-state index in [9.17, 15) is 0 Å². The molecule has 0 aromatic heterocycles. The van der Waals surface area contributed by atoms with Gasteiger partial charge in [-0.25, -0.2) is 0 Å². The molecule has 2 rings (SSSR count). The van der Waals surface area contributed by atoms with E-state index in [1.807, 2.05) is 12.1 Å². The Morgan fingerprint density at radius 1 is 1.15 bits per heavy atom. The van der Waals surface area contributed by atoms with Crippen LogP contribution in [-0.4, -0.2) is 11.7 Å². The van der Waals surface area contributed by atoms with Crippen molar-refractivity contribution in [3.8, 4) is 0 Å². The molecule has 68 valence electrons. The van der Waals surface area contributed by atoms with Gasteiger partial charge in [0.1, 0.15) is 0 Å². The van der Waals surface area contributed by atoms with Gasteiger partial charge in [-0.1, -0.05) is 24.3 Å². The zero-order valence-corrected chi connectivity index (χ0v) is 8.27. The molecule has 0 fully saturated rings. The van der Waals surface area contributed by atoms with Gasteiger partial charge in [0.25, 0.3) is 0 Å². The monoisotopic (exact) mass is 192 g/mol. The molecule has 1 aliphatic rings.